The van der Waals surface area contributed by atoms with Gasteiger partial charge < -0.3 is 16.0 Å². The second-order valence-corrected chi connectivity index (χ2v) is 6.80. The molecule has 7 heteroatoms. The molecule has 0 saturated carbocycles. The second-order valence-electron chi connectivity index (χ2n) is 5.54. The minimum Gasteiger partial charge on any atom is -0.357 e. The highest BCUT2D eigenvalue weighted by atomic mass is 127. The summed E-state index contributed by atoms with van der Waals surface area (Å²) in [5.74, 6) is 2.97. The van der Waals surface area contributed by atoms with Crippen molar-refractivity contribution in [2.45, 2.75) is 26.8 Å². The number of aryl methyl sites for hydroxylation is 1. The van der Waals surface area contributed by atoms with Gasteiger partial charge in [0.2, 0.25) is 5.91 Å². The monoisotopic (exact) mass is 496 g/mol. The number of halogens is 1. The number of thiophene rings is 1. The van der Waals surface area contributed by atoms with E-state index in [0.29, 0.717) is 18.2 Å². The van der Waals surface area contributed by atoms with E-state index in [1.54, 1.807) is 23.5 Å². The van der Waals surface area contributed by atoms with Crippen molar-refractivity contribution in [1.82, 2.24) is 10.6 Å². The number of hydrogen-bond acceptors (Lipinski definition) is 3. The van der Waals surface area contributed by atoms with Gasteiger partial charge in [0.1, 0.15) is 6.54 Å². The summed E-state index contributed by atoms with van der Waals surface area (Å²) >= 11 is 1.78. The third kappa shape index (κ3) is 8.01. The molecule has 1 heterocycles. The summed E-state index contributed by atoms with van der Waals surface area (Å²) in [5, 5.41) is 9.21. The summed E-state index contributed by atoms with van der Waals surface area (Å²) in [6.45, 7) is 5.57. The van der Waals surface area contributed by atoms with E-state index in [2.05, 4.69) is 45.9 Å². The molecular weight excluding hydrogens is 471 g/mol. The van der Waals surface area contributed by atoms with Gasteiger partial charge in [-0.15, -0.1) is 41.7 Å². The van der Waals surface area contributed by atoms with Crippen LogP contribution in [0.5, 0.6) is 0 Å². The summed E-state index contributed by atoms with van der Waals surface area (Å²) in [6.07, 6.45) is 6.41. The van der Waals surface area contributed by atoms with Crippen molar-refractivity contribution < 1.29 is 4.79 Å². The molecule has 2 aromatic rings. The Labute approximate surface area is 182 Å². The van der Waals surface area contributed by atoms with Crippen molar-refractivity contribution in [3.63, 3.8) is 0 Å². The molecule has 1 aromatic carbocycles. The van der Waals surface area contributed by atoms with Crippen molar-refractivity contribution in [3.8, 4) is 12.3 Å². The number of carbonyl (C=O) groups excluding carboxylic acids is 1. The second kappa shape index (κ2) is 12.4. The standard InChI is InChI=1S/C20H24N4OS.HI/c1-4-15-8-7-9-16(12-15)24-19(25)14-23-20(21-6-3)22-13-18-11-10-17(5-2)26-18;/h1,7-12H,5-6,13-14H2,2-3H3,(H,24,25)(H2,21,22,23);1H. The average molecular weight is 496 g/mol. The normalized spacial score (nSPS) is 10.5. The zero-order valence-corrected chi connectivity index (χ0v) is 18.7. The highest BCUT2D eigenvalue weighted by Crippen LogP contribution is 2.16. The molecule has 5 nitrogen and oxygen atoms in total. The summed E-state index contributed by atoms with van der Waals surface area (Å²) in [7, 11) is 0. The van der Waals surface area contributed by atoms with Gasteiger partial charge in [-0.3, -0.25) is 4.79 Å². The Hall–Kier alpha value is -2.05. The molecule has 0 spiro atoms. The average Bonchev–Trinajstić information content (AvgIpc) is 3.12. The molecule has 3 N–H and O–H groups in total. The molecule has 2 rings (SSSR count). The van der Waals surface area contributed by atoms with Crippen LogP contribution in [0, 0.1) is 12.3 Å². The Bertz CT molecular complexity index is 810. The van der Waals surface area contributed by atoms with E-state index in [-0.39, 0.29) is 36.4 Å². The van der Waals surface area contributed by atoms with E-state index >= 15 is 0 Å². The fourth-order valence-corrected chi connectivity index (χ4v) is 3.16. The molecular formula is C20H25IN4OS. The maximum absolute atomic E-state index is 12.1. The first-order chi connectivity index (χ1) is 12.6. The zero-order valence-electron chi connectivity index (χ0n) is 15.5. The smallest absolute Gasteiger partial charge is 0.246 e. The SMILES string of the molecule is C#Cc1cccc(NC(=O)CN=C(NCC)NCc2ccc(CC)s2)c1.I. The lowest BCUT2D eigenvalue weighted by Gasteiger charge is -2.10. The van der Waals surface area contributed by atoms with Gasteiger partial charge in [0.15, 0.2) is 5.96 Å². The number of rotatable bonds is 7. The number of carbonyl (C=O) groups is 1. The van der Waals surface area contributed by atoms with E-state index in [4.69, 9.17) is 6.42 Å². The van der Waals surface area contributed by atoms with E-state index < -0.39 is 0 Å². The molecule has 0 unspecified atom stereocenters. The molecule has 0 radical (unpaired) electrons. The summed E-state index contributed by atoms with van der Waals surface area (Å²) < 4.78 is 0. The third-order valence-corrected chi connectivity index (χ3v) is 4.76. The molecule has 0 fully saturated rings. The lowest BCUT2D eigenvalue weighted by molar-refractivity contribution is -0.114. The van der Waals surface area contributed by atoms with Crippen molar-refractivity contribution in [3.05, 3.63) is 51.7 Å². The molecule has 0 aliphatic rings. The zero-order chi connectivity index (χ0) is 18.8. The third-order valence-electron chi connectivity index (χ3n) is 3.53. The molecule has 0 saturated heterocycles. The largest absolute Gasteiger partial charge is 0.357 e. The first-order valence-corrected chi connectivity index (χ1v) is 9.42. The molecule has 1 amide bonds. The van der Waals surface area contributed by atoms with Gasteiger partial charge in [-0.1, -0.05) is 18.9 Å². The number of terminal acetylenes is 1. The van der Waals surface area contributed by atoms with E-state index in [0.717, 1.165) is 18.5 Å². The van der Waals surface area contributed by atoms with Crippen LogP contribution in [-0.2, 0) is 17.8 Å². The van der Waals surface area contributed by atoms with Crippen molar-refractivity contribution in [1.29, 1.82) is 0 Å². The molecule has 0 bridgehead atoms. The predicted molar refractivity (Wildman–Crippen MR) is 125 cm³/mol. The fourth-order valence-electron chi connectivity index (χ4n) is 2.26. The summed E-state index contributed by atoms with van der Waals surface area (Å²) in [6, 6.07) is 11.4. The van der Waals surface area contributed by atoms with Gasteiger partial charge >= 0.3 is 0 Å². The maximum atomic E-state index is 12.1. The quantitative estimate of drug-likeness (QED) is 0.238. The van der Waals surface area contributed by atoms with Gasteiger partial charge in [-0.25, -0.2) is 4.99 Å². The number of aliphatic imine (C=N–C) groups is 1. The molecule has 27 heavy (non-hydrogen) atoms. The highest BCUT2D eigenvalue weighted by Gasteiger charge is 2.05. The van der Waals surface area contributed by atoms with Gasteiger partial charge in [-0.2, -0.15) is 0 Å². The summed E-state index contributed by atoms with van der Waals surface area (Å²) in [5.41, 5.74) is 1.40. The number of nitrogens with zero attached hydrogens (tertiary/aromatic N) is 1. The van der Waals surface area contributed by atoms with Crippen LogP contribution in [0.15, 0.2) is 41.4 Å². The van der Waals surface area contributed by atoms with Crippen molar-refractivity contribution in [2.24, 2.45) is 4.99 Å². The molecule has 144 valence electrons. The van der Waals surface area contributed by atoms with Crippen molar-refractivity contribution >= 4 is 52.9 Å². The number of guanidine groups is 1. The van der Waals surface area contributed by atoms with E-state index in [1.807, 2.05) is 19.1 Å². The van der Waals surface area contributed by atoms with Gasteiger partial charge in [0.25, 0.3) is 0 Å². The fraction of sp³-hybridized carbons (Fsp3) is 0.300. The molecule has 0 aliphatic carbocycles. The van der Waals surface area contributed by atoms with Gasteiger partial charge in [0.05, 0.1) is 6.54 Å². The molecule has 1 aromatic heterocycles. The predicted octanol–water partition coefficient (Wildman–Crippen LogP) is 3.60. The lowest BCUT2D eigenvalue weighted by Crippen LogP contribution is -2.37. The number of benzene rings is 1. The number of anilines is 1. The Kier molecular flexibility index (Phi) is 10.5. The number of amides is 1. The minimum atomic E-state index is -0.194. The molecule has 0 aliphatic heterocycles. The van der Waals surface area contributed by atoms with E-state index in [9.17, 15) is 4.79 Å². The Morgan fingerprint density at radius 3 is 2.63 bits per heavy atom. The van der Waals surface area contributed by atoms with Crippen LogP contribution in [0.3, 0.4) is 0 Å². The lowest BCUT2D eigenvalue weighted by atomic mass is 10.2. The molecule has 0 atom stereocenters. The maximum Gasteiger partial charge on any atom is 0.246 e. The van der Waals surface area contributed by atoms with Crippen LogP contribution in [0.4, 0.5) is 5.69 Å². The first kappa shape index (κ1) is 23.0. The highest BCUT2D eigenvalue weighted by molar-refractivity contribution is 14.0. The van der Waals surface area contributed by atoms with Crippen molar-refractivity contribution in [2.75, 3.05) is 18.4 Å². The Balaban J connectivity index is 0.00000364. The Morgan fingerprint density at radius 2 is 1.96 bits per heavy atom. The first-order valence-electron chi connectivity index (χ1n) is 8.60. The van der Waals surface area contributed by atoms with Crippen LogP contribution >= 0.6 is 35.3 Å². The summed E-state index contributed by atoms with van der Waals surface area (Å²) in [4.78, 5) is 19.1. The van der Waals surface area contributed by atoms with Gasteiger partial charge in [-0.05, 0) is 43.7 Å². The van der Waals surface area contributed by atoms with Crippen LogP contribution < -0.4 is 16.0 Å². The van der Waals surface area contributed by atoms with Crippen LogP contribution in [0.1, 0.15) is 29.2 Å². The number of hydrogen-bond donors (Lipinski definition) is 3. The Morgan fingerprint density at radius 1 is 1.19 bits per heavy atom. The van der Waals surface area contributed by atoms with Crippen LogP contribution in [0.25, 0.3) is 0 Å². The van der Waals surface area contributed by atoms with Crippen LogP contribution in [0.2, 0.25) is 0 Å². The van der Waals surface area contributed by atoms with Gasteiger partial charge in [0, 0.05) is 27.5 Å². The topological polar surface area (TPSA) is 65.5 Å². The number of nitrogens with one attached hydrogen (secondary N) is 3. The minimum absolute atomic E-state index is 0. The van der Waals surface area contributed by atoms with E-state index in [1.165, 1.54) is 9.75 Å². The van der Waals surface area contributed by atoms with Crippen LogP contribution in [-0.4, -0.2) is 25.0 Å².